The lowest BCUT2D eigenvalue weighted by Gasteiger charge is -2.15. The summed E-state index contributed by atoms with van der Waals surface area (Å²) in [7, 11) is 0. The van der Waals surface area contributed by atoms with Crippen LogP contribution >= 0.6 is 0 Å². The van der Waals surface area contributed by atoms with Crippen LogP contribution in [0.3, 0.4) is 0 Å². The van der Waals surface area contributed by atoms with Crippen molar-refractivity contribution in [2.24, 2.45) is 0 Å². The van der Waals surface area contributed by atoms with E-state index in [4.69, 9.17) is 4.74 Å². The third kappa shape index (κ3) is 3.64. The van der Waals surface area contributed by atoms with Gasteiger partial charge in [-0.2, -0.15) is 0 Å². The second-order valence-corrected chi connectivity index (χ2v) is 3.87. The minimum Gasteiger partial charge on any atom is -0.453 e. The Hall–Kier alpha value is -2.17. The predicted octanol–water partition coefficient (Wildman–Crippen LogP) is 4.69. The van der Waals surface area contributed by atoms with Crippen LogP contribution in [-0.4, -0.2) is 6.36 Å². The largest absolute Gasteiger partial charge is 0.573 e. The van der Waals surface area contributed by atoms with Crippen molar-refractivity contribution in [2.75, 3.05) is 0 Å². The molecule has 0 unspecified atom stereocenters. The number of rotatable bonds is 3. The molecule has 5 heteroatoms. The van der Waals surface area contributed by atoms with Crippen LogP contribution in [0.15, 0.2) is 48.5 Å². The molecule has 2 aromatic carbocycles. The summed E-state index contributed by atoms with van der Waals surface area (Å²) in [5.41, 5.74) is 0.561. The first-order valence-electron chi connectivity index (χ1n) is 5.54. The standard InChI is InChI=1S/C14H11F3O2/c1-10-6-5-9-12(19-14(15,16)17)13(10)18-11-7-3-2-4-8-11/h2-9H,1H3. The van der Waals surface area contributed by atoms with E-state index in [0.717, 1.165) is 0 Å². The Morgan fingerprint density at radius 2 is 1.58 bits per heavy atom. The maximum absolute atomic E-state index is 12.3. The van der Waals surface area contributed by atoms with Crippen molar-refractivity contribution in [1.29, 1.82) is 0 Å². The number of benzene rings is 2. The highest BCUT2D eigenvalue weighted by atomic mass is 19.4. The van der Waals surface area contributed by atoms with Crippen molar-refractivity contribution in [3.63, 3.8) is 0 Å². The summed E-state index contributed by atoms with van der Waals surface area (Å²) in [6.07, 6.45) is -4.75. The Labute approximate surface area is 108 Å². The van der Waals surface area contributed by atoms with E-state index in [-0.39, 0.29) is 11.5 Å². The van der Waals surface area contributed by atoms with Crippen LogP contribution in [0, 0.1) is 6.92 Å². The van der Waals surface area contributed by atoms with Crippen molar-refractivity contribution in [3.05, 3.63) is 54.1 Å². The average Bonchev–Trinajstić information content (AvgIpc) is 2.33. The number of ether oxygens (including phenoxy) is 2. The van der Waals surface area contributed by atoms with Gasteiger partial charge in [0.15, 0.2) is 11.5 Å². The maximum atomic E-state index is 12.3. The lowest BCUT2D eigenvalue weighted by Crippen LogP contribution is -2.17. The second kappa shape index (κ2) is 5.22. The van der Waals surface area contributed by atoms with Crippen LogP contribution < -0.4 is 9.47 Å². The third-order valence-corrected chi connectivity index (χ3v) is 2.36. The van der Waals surface area contributed by atoms with Gasteiger partial charge in [0.05, 0.1) is 0 Å². The van der Waals surface area contributed by atoms with Gasteiger partial charge in [0, 0.05) is 0 Å². The van der Waals surface area contributed by atoms with Crippen molar-refractivity contribution in [2.45, 2.75) is 13.3 Å². The van der Waals surface area contributed by atoms with Gasteiger partial charge in [0.25, 0.3) is 0 Å². The van der Waals surface area contributed by atoms with E-state index in [1.807, 2.05) is 0 Å². The molecule has 2 nitrogen and oxygen atoms in total. The van der Waals surface area contributed by atoms with Crippen molar-refractivity contribution < 1.29 is 22.6 Å². The monoisotopic (exact) mass is 268 g/mol. The average molecular weight is 268 g/mol. The van der Waals surface area contributed by atoms with E-state index in [1.165, 1.54) is 12.1 Å². The Bertz CT molecular complexity index is 550. The van der Waals surface area contributed by atoms with Gasteiger partial charge in [-0.15, -0.1) is 13.2 Å². The summed E-state index contributed by atoms with van der Waals surface area (Å²) in [4.78, 5) is 0. The second-order valence-electron chi connectivity index (χ2n) is 3.87. The van der Waals surface area contributed by atoms with Gasteiger partial charge in [0.2, 0.25) is 0 Å². The highest BCUT2D eigenvalue weighted by Crippen LogP contribution is 2.37. The predicted molar refractivity (Wildman–Crippen MR) is 64.4 cm³/mol. The fourth-order valence-corrected chi connectivity index (χ4v) is 1.57. The zero-order valence-corrected chi connectivity index (χ0v) is 10.1. The Morgan fingerprint density at radius 3 is 2.21 bits per heavy atom. The highest BCUT2D eigenvalue weighted by molar-refractivity contribution is 5.48. The number of halogens is 3. The lowest BCUT2D eigenvalue weighted by atomic mass is 10.2. The molecule has 2 rings (SSSR count). The van der Waals surface area contributed by atoms with Gasteiger partial charge >= 0.3 is 6.36 Å². The van der Waals surface area contributed by atoms with E-state index < -0.39 is 6.36 Å². The first-order chi connectivity index (χ1) is 8.96. The highest BCUT2D eigenvalue weighted by Gasteiger charge is 2.32. The fourth-order valence-electron chi connectivity index (χ4n) is 1.57. The van der Waals surface area contributed by atoms with Gasteiger partial charge < -0.3 is 9.47 Å². The smallest absolute Gasteiger partial charge is 0.453 e. The molecule has 0 atom stereocenters. The van der Waals surface area contributed by atoms with E-state index in [9.17, 15) is 13.2 Å². The molecule has 0 aliphatic rings. The normalized spacial score (nSPS) is 11.2. The van der Waals surface area contributed by atoms with Crippen LogP contribution in [0.2, 0.25) is 0 Å². The topological polar surface area (TPSA) is 18.5 Å². The molecule has 0 bridgehead atoms. The van der Waals surface area contributed by atoms with Gasteiger partial charge in [-0.25, -0.2) is 0 Å². The summed E-state index contributed by atoms with van der Waals surface area (Å²) in [5, 5.41) is 0. The van der Waals surface area contributed by atoms with Gasteiger partial charge in [-0.3, -0.25) is 0 Å². The molecule has 19 heavy (non-hydrogen) atoms. The minimum absolute atomic E-state index is 0.0611. The molecule has 0 N–H and O–H groups in total. The van der Waals surface area contributed by atoms with E-state index in [2.05, 4.69) is 4.74 Å². The molecule has 0 aliphatic carbocycles. The molecule has 0 radical (unpaired) electrons. The van der Waals surface area contributed by atoms with Crippen LogP contribution in [0.1, 0.15) is 5.56 Å². The molecule has 0 amide bonds. The zero-order valence-electron chi connectivity index (χ0n) is 10.1. The molecule has 0 aromatic heterocycles. The summed E-state index contributed by atoms with van der Waals surface area (Å²) in [5.74, 6) is 0.159. The molecule has 0 aliphatic heterocycles. The van der Waals surface area contributed by atoms with E-state index >= 15 is 0 Å². The first kappa shape index (κ1) is 13.3. The van der Waals surface area contributed by atoms with Gasteiger partial charge in [-0.1, -0.05) is 30.3 Å². The van der Waals surface area contributed by atoms with Gasteiger partial charge in [-0.05, 0) is 30.7 Å². The number of aryl methyl sites for hydroxylation is 1. The minimum atomic E-state index is -4.75. The van der Waals surface area contributed by atoms with Crippen molar-refractivity contribution in [1.82, 2.24) is 0 Å². The van der Waals surface area contributed by atoms with Crippen LogP contribution in [0.25, 0.3) is 0 Å². The molecule has 0 spiro atoms. The Kier molecular flexibility index (Phi) is 3.64. The third-order valence-electron chi connectivity index (χ3n) is 2.36. The Morgan fingerprint density at radius 1 is 0.895 bits per heavy atom. The first-order valence-corrected chi connectivity index (χ1v) is 5.54. The molecule has 0 heterocycles. The van der Waals surface area contributed by atoms with Crippen LogP contribution in [-0.2, 0) is 0 Å². The molecular weight excluding hydrogens is 257 g/mol. The Balaban J connectivity index is 2.33. The van der Waals surface area contributed by atoms with E-state index in [1.54, 1.807) is 43.3 Å². The lowest BCUT2D eigenvalue weighted by molar-refractivity contribution is -0.275. The van der Waals surface area contributed by atoms with Crippen molar-refractivity contribution in [3.8, 4) is 17.2 Å². The molecule has 0 saturated carbocycles. The number of hydrogen-bond donors (Lipinski definition) is 0. The summed E-state index contributed by atoms with van der Waals surface area (Å²) in [6.45, 7) is 1.65. The summed E-state index contributed by atoms with van der Waals surface area (Å²) < 4.78 is 46.4. The summed E-state index contributed by atoms with van der Waals surface area (Å²) in [6, 6.07) is 12.9. The summed E-state index contributed by atoms with van der Waals surface area (Å²) >= 11 is 0. The number of hydrogen-bond acceptors (Lipinski definition) is 2. The van der Waals surface area contributed by atoms with Crippen LogP contribution in [0.5, 0.6) is 17.2 Å². The number of alkyl halides is 3. The van der Waals surface area contributed by atoms with E-state index in [0.29, 0.717) is 11.3 Å². The molecule has 2 aromatic rings. The van der Waals surface area contributed by atoms with Crippen LogP contribution in [0.4, 0.5) is 13.2 Å². The molecular formula is C14H11F3O2. The zero-order chi connectivity index (χ0) is 13.9. The fraction of sp³-hybridized carbons (Fsp3) is 0.143. The molecule has 0 saturated heterocycles. The molecule has 0 fully saturated rings. The molecule has 100 valence electrons. The number of para-hydroxylation sites is 2. The maximum Gasteiger partial charge on any atom is 0.573 e. The van der Waals surface area contributed by atoms with Gasteiger partial charge in [0.1, 0.15) is 5.75 Å². The quantitative estimate of drug-likeness (QED) is 0.804. The van der Waals surface area contributed by atoms with Crippen molar-refractivity contribution >= 4 is 0 Å². The SMILES string of the molecule is Cc1cccc(OC(F)(F)F)c1Oc1ccccc1.